The summed E-state index contributed by atoms with van der Waals surface area (Å²) in [6.07, 6.45) is 4.38. The van der Waals surface area contributed by atoms with Gasteiger partial charge in [-0.3, -0.25) is 0 Å². The molecular formula is C10H16O4. The minimum absolute atomic E-state index is 0.0865. The summed E-state index contributed by atoms with van der Waals surface area (Å²) in [6.45, 7) is 4.34. The zero-order chi connectivity index (χ0) is 10.6. The minimum atomic E-state index is -0.908. The van der Waals surface area contributed by atoms with Crippen molar-refractivity contribution in [3.05, 3.63) is 12.2 Å². The van der Waals surface area contributed by atoms with Gasteiger partial charge in [0, 0.05) is 6.08 Å². The Labute approximate surface area is 83.5 Å². The van der Waals surface area contributed by atoms with E-state index >= 15 is 0 Å². The number of allylic oxidation sites excluding steroid dienone is 1. The normalized spacial score (nSPS) is 25.7. The van der Waals surface area contributed by atoms with Gasteiger partial charge in [-0.2, -0.15) is 0 Å². The lowest BCUT2D eigenvalue weighted by molar-refractivity contribution is -0.138. The molecule has 1 saturated heterocycles. The maximum absolute atomic E-state index is 10.2. The average molecular weight is 200 g/mol. The quantitative estimate of drug-likeness (QED) is 0.700. The third-order valence-electron chi connectivity index (χ3n) is 1.98. The van der Waals surface area contributed by atoms with Crippen LogP contribution in [0, 0.1) is 0 Å². The lowest BCUT2D eigenvalue weighted by atomic mass is 10.2. The van der Waals surface area contributed by atoms with E-state index in [2.05, 4.69) is 0 Å². The number of rotatable bonds is 4. The highest BCUT2D eigenvalue weighted by Gasteiger charge is 2.31. The predicted octanol–water partition coefficient (Wildman–Crippen LogP) is 1.56. The first-order chi connectivity index (χ1) is 6.49. The Morgan fingerprint density at radius 3 is 2.86 bits per heavy atom. The van der Waals surface area contributed by atoms with Gasteiger partial charge in [-0.1, -0.05) is 6.08 Å². The van der Waals surface area contributed by atoms with E-state index in [4.69, 9.17) is 14.6 Å². The van der Waals surface area contributed by atoms with Crippen molar-refractivity contribution in [1.29, 1.82) is 0 Å². The fraction of sp³-hybridized carbons (Fsp3) is 0.700. The topological polar surface area (TPSA) is 55.8 Å². The van der Waals surface area contributed by atoms with Gasteiger partial charge in [0.2, 0.25) is 0 Å². The molecule has 80 valence electrons. The van der Waals surface area contributed by atoms with Crippen molar-refractivity contribution in [1.82, 2.24) is 0 Å². The van der Waals surface area contributed by atoms with Gasteiger partial charge in [-0.05, 0) is 26.7 Å². The van der Waals surface area contributed by atoms with Crippen LogP contribution in [0.3, 0.4) is 0 Å². The van der Waals surface area contributed by atoms with Crippen LogP contribution in [0.25, 0.3) is 0 Å². The van der Waals surface area contributed by atoms with Crippen LogP contribution in [0.4, 0.5) is 0 Å². The first kappa shape index (κ1) is 11.2. The third kappa shape index (κ3) is 3.89. The van der Waals surface area contributed by atoms with Crippen molar-refractivity contribution in [2.75, 3.05) is 6.61 Å². The van der Waals surface area contributed by atoms with E-state index in [1.165, 1.54) is 0 Å². The Bertz CT molecular complexity index is 232. The van der Waals surface area contributed by atoms with Crippen LogP contribution in [0.5, 0.6) is 0 Å². The van der Waals surface area contributed by atoms with Crippen molar-refractivity contribution in [2.24, 2.45) is 0 Å². The molecule has 0 amide bonds. The number of carboxylic acids is 1. The van der Waals surface area contributed by atoms with Gasteiger partial charge in [0.1, 0.15) is 0 Å². The van der Waals surface area contributed by atoms with Gasteiger partial charge < -0.3 is 14.6 Å². The van der Waals surface area contributed by atoms with Crippen molar-refractivity contribution >= 4 is 5.97 Å². The number of aliphatic carboxylic acids is 1. The highest BCUT2D eigenvalue weighted by molar-refractivity contribution is 5.79. The molecule has 1 heterocycles. The molecule has 4 nitrogen and oxygen atoms in total. The van der Waals surface area contributed by atoms with Crippen LogP contribution in [0.15, 0.2) is 12.2 Å². The number of ether oxygens (including phenoxy) is 2. The molecule has 0 aromatic rings. The lowest BCUT2D eigenvalue weighted by Gasteiger charge is -2.16. The van der Waals surface area contributed by atoms with Crippen LogP contribution in [0.2, 0.25) is 0 Å². The van der Waals surface area contributed by atoms with Crippen molar-refractivity contribution in [2.45, 2.75) is 38.6 Å². The fourth-order valence-electron chi connectivity index (χ4n) is 1.37. The monoisotopic (exact) mass is 200 g/mol. The zero-order valence-corrected chi connectivity index (χ0v) is 8.53. The van der Waals surface area contributed by atoms with E-state index in [1.807, 2.05) is 13.8 Å². The number of hydrogen-bond donors (Lipinski definition) is 1. The summed E-state index contributed by atoms with van der Waals surface area (Å²) >= 11 is 0. The van der Waals surface area contributed by atoms with Crippen LogP contribution < -0.4 is 0 Å². The van der Waals surface area contributed by atoms with Crippen LogP contribution >= 0.6 is 0 Å². The van der Waals surface area contributed by atoms with Crippen molar-refractivity contribution < 1.29 is 19.4 Å². The van der Waals surface area contributed by atoms with Crippen molar-refractivity contribution in [3.63, 3.8) is 0 Å². The molecule has 1 rings (SSSR count). The molecule has 0 aliphatic carbocycles. The van der Waals surface area contributed by atoms with E-state index in [9.17, 15) is 4.79 Å². The average Bonchev–Trinajstić information content (AvgIpc) is 2.39. The molecule has 0 spiro atoms. The summed E-state index contributed by atoms with van der Waals surface area (Å²) in [5.41, 5.74) is 0. The molecular weight excluding hydrogens is 184 g/mol. The Kier molecular flexibility index (Phi) is 3.66. The number of carbonyl (C=O) groups is 1. The van der Waals surface area contributed by atoms with E-state index < -0.39 is 11.8 Å². The number of carboxylic acid groups (broad SMARTS) is 1. The second-order valence-electron chi connectivity index (χ2n) is 3.77. The standard InChI is InChI=1S/C10H16O4/c1-10(2)13-7-8(14-10)5-3-4-6-9(11)12/h4,6,8H,3,5,7H2,1-2H3,(H,11,12)/b6-4+/t8-/m1/s1. The first-order valence-corrected chi connectivity index (χ1v) is 4.71. The molecule has 1 aliphatic heterocycles. The van der Waals surface area contributed by atoms with Crippen LogP contribution in [0.1, 0.15) is 26.7 Å². The summed E-state index contributed by atoms with van der Waals surface area (Å²) in [5.74, 6) is -1.39. The largest absolute Gasteiger partial charge is 0.478 e. The third-order valence-corrected chi connectivity index (χ3v) is 1.98. The maximum atomic E-state index is 10.2. The van der Waals surface area contributed by atoms with Gasteiger partial charge in [0.15, 0.2) is 5.79 Å². The Balaban J connectivity index is 2.18. The number of hydrogen-bond acceptors (Lipinski definition) is 3. The molecule has 14 heavy (non-hydrogen) atoms. The molecule has 0 aromatic heterocycles. The van der Waals surface area contributed by atoms with Gasteiger partial charge in [-0.25, -0.2) is 4.79 Å². The molecule has 1 aliphatic rings. The Morgan fingerprint density at radius 2 is 2.36 bits per heavy atom. The zero-order valence-electron chi connectivity index (χ0n) is 8.53. The molecule has 4 heteroatoms. The molecule has 0 saturated carbocycles. The van der Waals surface area contributed by atoms with Gasteiger partial charge in [0.25, 0.3) is 0 Å². The van der Waals surface area contributed by atoms with Gasteiger partial charge in [-0.15, -0.1) is 0 Å². The molecule has 1 N–H and O–H groups in total. The highest BCUT2D eigenvalue weighted by Crippen LogP contribution is 2.24. The molecule has 1 fully saturated rings. The molecule has 0 bridgehead atoms. The molecule has 0 radical (unpaired) electrons. The Hall–Kier alpha value is -0.870. The van der Waals surface area contributed by atoms with Gasteiger partial charge in [0.05, 0.1) is 12.7 Å². The minimum Gasteiger partial charge on any atom is -0.478 e. The van der Waals surface area contributed by atoms with Gasteiger partial charge >= 0.3 is 5.97 Å². The maximum Gasteiger partial charge on any atom is 0.327 e. The van der Waals surface area contributed by atoms with E-state index in [0.717, 1.165) is 12.5 Å². The Morgan fingerprint density at radius 1 is 1.64 bits per heavy atom. The smallest absolute Gasteiger partial charge is 0.327 e. The van der Waals surface area contributed by atoms with E-state index in [-0.39, 0.29) is 6.10 Å². The molecule has 1 atom stereocenters. The lowest BCUT2D eigenvalue weighted by Crippen LogP contribution is -2.21. The van der Waals surface area contributed by atoms with Crippen LogP contribution in [-0.2, 0) is 14.3 Å². The summed E-state index contributed by atoms with van der Waals surface area (Å²) in [4.78, 5) is 10.2. The summed E-state index contributed by atoms with van der Waals surface area (Å²) in [6, 6.07) is 0. The van der Waals surface area contributed by atoms with E-state index in [0.29, 0.717) is 13.0 Å². The predicted molar refractivity (Wildman–Crippen MR) is 50.9 cm³/mol. The van der Waals surface area contributed by atoms with Crippen molar-refractivity contribution in [3.8, 4) is 0 Å². The molecule has 0 unspecified atom stereocenters. The second-order valence-corrected chi connectivity index (χ2v) is 3.77. The first-order valence-electron chi connectivity index (χ1n) is 4.71. The highest BCUT2D eigenvalue weighted by atomic mass is 16.7. The SMILES string of the molecule is CC1(C)OC[C@@H](CC/C=C/C(=O)O)O1. The summed E-state index contributed by atoms with van der Waals surface area (Å²) < 4.78 is 10.9. The second kappa shape index (κ2) is 4.57. The summed E-state index contributed by atoms with van der Waals surface area (Å²) in [5, 5.41) is 8.35. The fourth-order valence-corrected chi connectivity index (χ4v) is 1.37. The van der Waals surface area contributed by atoms with E-state index in [1.54, 1.807) is 6.08 Å². The van der Waals surface area contributed by atoms with Crippen LogP contribution in [-0.4, -0.2) is 29.6 Å². The molecule has 0 aromatic carbocycles. The summed E-state index contributed by atoms with van der Waals surface area (Å²) in [7, 11) is 0.